The standard InChI is InChI=1S/C22H33N3O2/c1-17-9-14-25(20(15-17)16-23)22(27)19-10-12-24(13-11-19)21(26)8-7-18-5-3-2-4-6-18/h2-6,17,19-20H,7-16,23H2,1H3. The highest BCUT2D eigenvalue weighted by Gasteiger charge is 2.35. The molecule has 0 radical (unpaired) electrons. The molecule has 2 saturated heterocycles. The second-order valence-electron chi connectivity index (χ2n) is 8.19. The molecule has 27 heavy (non-hydrogen) atoms. The average Bonchev–Trinajstić information content (AvgIpc) is 2.72. The largest absolute Gasteiger partial charge is 0.343 e. The first kappa shape index (κ1) is 19.9. The van der Waals surface area contributed by atoms with E-state index < -0.39 is 0 Å². The fourth-order valence-electron chi connectivity index (χ4n) is 4.43. The molecular formula is C22H33N3O2. The molecule has 2 fully saturated rings. The Balaban J connectivity index is 1.46. The number of piperidine rings is 2. The molecule has 2 heterocycles. The van der Waals surface area contributed by atoms with E-state index in [2.05, 4.69) is 19.1 Å². The Hall–Kier alpha value is -1.88. The molecule has 5 nitrogen and oxygen atoms in total. The van der Waals surface area contributed by atoms with Gasteiger partial charge in [0.1, 0.15) is 0 Å². The van der Waals surface area contributed by atoms with Gasteiger partial charge in [0.15, 0.2) is 0 Å². The van der Waals surface area contributed by atoms with Gasteiger partial charge in [-0.05, 0) is 43.6 Å². The highest BCUT2D eigenvalue weighted by atomic mass is 16.2. The van der Waals surface area contributed by atoms with Gasteiger partial charge in [-0.25, -0.2) is 0 Å². The second-order valence-corrected chi connectivity index (χ2v) is 8.19. The summed E-state index contributed by atoms with van der Waals surface area (Å²) in [5.74, 6) is 1.16. The van der Waals surface area contributed by atoms with Crippen molar-refractivity contribution in [2.24, 2.45) is 17.6 Å². The topological polar surface area (TPSA) is 66.6 Å². The molecule has 2 aliphatic heterocycles. The highest BCUT2D eigenvalue weighted by Crippen LogP contribution is 2.27. The zero-order valence-corrected chi connectivity index (χ0v) is 16.5. The van der Waals surface area contributed by atoms with E-state index in [0.29, 0.717) is 32.0 Å². The minimum Gasteiger partial charge on any atom is -0.343 e. The maximum atomic E-state index is 13.0. The highest BCUT2D eigenvalue weighted by molar-refractivity contribution is 5.80. The number of hydrogen-bond donors (Lipinski definition) is 1. The maximum Gasteiger partial charge on any atom is 0.226 e. The zero-order chi connectivity index (χ0) is 19.2. The summed E-state index contributed by atoms with van der Waals surface area (Å²) in [4.78, 5) is 29.4. The van der Waals surface area contributed by atoms with E-state index in [1.165, 1.54) is 5.56 Å². The molecule has 2 aliphatic rings. The van der Waals surface area contributed by atoms with Crippen molar-refractivity contribution in [2.75, 3.05) is 26.2 Å². The third kappa shape index (κ3) is 5.10. The molecule has 0 aromatic heterocycles. The molecule has 148 valence electrons. The van der Waals surface area contributed by atoms with Crippen LogP contribution < -0.4 is 5.73 Å². The van der Waals surface area contributed by atoms with Gasteiger partial charge in [-0.1, -0.05) is 37.3 Å². The Morgan fingerprint density at radius 1 is 1.07 bits per heavy atom. The minimum absolute atomic E-state index is 0.0469. The zero-order valence-electron chi connectivity index (χ0n) is 16.5. The van der Waals surface area contributed by atoms with E-state index >= 15 is 0 Å². The van der Waals surface area contributed by atoms with Gasteiger partial charge in [-0.2, -0.15) is 0 Å². The van der Waals surface area contributed by atoms with Crippen LogP contribution in [0.5, 0.6) is 0 Å². The van der Waals surface area contributed by atoms with Gasteiger partial charge >= 0.3 is 0 Å². The summed E-state index contributed by atoms with van der Waals surface area (Å²) in [7, 11) is 0. The second kappa shape index (κ2) is 9.36. The van der Waals surface area contributed by atoms with Crippen LogP contribution in [0.2, 0.25) is 0 Å². The molecule has 1 aromatic carbocycles. The van der Waals surface area contributed by atoms with Crippen molar-refractivity contribution in [3.05, 3.63) is 35.9 Å². The first-order chi connectivity index (χ1) is 13.1. The smallest absolute Gasteiger partial charge is 0.226 e. The summed E-state index contributed by atoms with van der Waals surface area (Å²) in [6.45, 7) is 5.01. The van der Waals surface area contributed by atoms with Gasteiger partial charge < -0.3 is 15.5 Å². The van der Waals surface area contributed by atoms with Crippen molar-refractivity contribution in [1.29, 1.82) is 0 Å². The fraction of sp³-hybridized carbons (Fsp3) is 0.636. The summed E-state index contributed by atoms with van der Waals surface area (Å²) in [5.41, 5.74) is 7.12. The number of carbonyl (C=O) groups excluding carboxylic acids is 2. The third-order valence-corrected chi connectivity index (χ3v) is 6.20. The van der Waals surface area contributed by atoms with Crippen molar-refractivity contribution in [3.63, 3.8) is 0 Å². The Morgan fingerprint density at radius 3 is 2.44 bits per heavy atom. The van der Waals surface area contributed by atoms with E-state index in [1.54, 1.807) is 0 Å². The number of nitrogens with two attached hydrogens (primary N) is 1. The predicted molar refractivity (Wildman–Crippen MR) is 107 cm³/mol. The maximum absolute atomic E-state index is 13.0. The van der Waals surface area contributed by atoms with Crippen LogP contribution >= 0.6 is 0 Å². The lowest BCUT2D eigenvalue weighted by atomic mass is 9.89. The Morgan fingerprint density at radius 2 is 1.78 bits per heavy atom. The molecule has 0 bridgehead atoms. The number of nitrogens with zero attached hydrogens (tertiary/aromatic N) is 2. The van der Waals surface area contributed by atoms with Crippen LogP contribution in [0, 0.1) is 11.8 Å². The molecule has 0 spiro atoms. The number of hydrogen-bond acceptors (Lipinski definition) is 3. The first-order valence-corrected chi connectivity index (χ1v) is 10.4. The number of likely N-dealkylation sites (tertiary alicyclic amines) is 2. The average molecular weight is 372 g/mol. The molecule has 0 aliphatic carbocycles. The van der Waals surface area contributed by atoms with Crippen molar-refractivity contribution in [2.45, 2.75) is 51.5 Å². The van der Waals surface area contributed by atoms with Crippen LogP contribution in [0.25, 0.3) is 0 Å². The van der Waals surface area contributed by atoms with Crippen LogP contribution in [0.3, 0.4) is 0 Å². The summed E-state index contributed by atoms with van der Waals surface area (Å²) in [6, 6.07) is 10.3. The van der Waals surface area contributed by atoms with Crippen molar-refractivity contribution >= 4 is 11.8 Å². The van der Waals surface area contributed by atoms with Gasteiger partial charge in [0, 0.05) is 44.6 Å². The van der Waals surface area contributed by atoms with Crippen molar-refractivity contribution in [1.82, 2.24) is 9.80 Å². The van der Waals surface area contributed by atoms with E-state index in [0.717, 1.165) is 38.6 Å². The monoisotopic (exact) mass is 371 g/mol. The molecule has 1 aromatic rings. The van der Waals surface area contributed by atoms with Gasteiger partial charge in [0.05, 0.1) is 0 Å². The van der Waals surface area contributed by atoms with Crippen molar-refractivity contribution < 1.29 is 9.59 Å². The first-order valence-electron chi connectivity index (χ1n) is 10.4. The van der Waals surface area contributed by atoms with Crippen LogP contribution in [-0.2, 0) is 16.0 Å². The lowest BCUT2D eigenvalue weighted by Gasteiger charge is -2.41. The van der Waals surface area contributed by atoms with Gasteiger partial charge in [-0.15, -0.1) is 0 Å². The normalized spacial score (nSPS) is 24.1. The van der Waals surface area contributed by atoms with Crippen LogP contribution in [0.1, 0.15) is 44.6 Å². The van der Waals surface area contributed by atoms with E-state index in [9.17, 15) is 9.59 Å². The minimum atomic E-state index is 0.0469. The molecule has 3 rings (SSSR count). The molecule has 5 heteroatoms. The van der Waals surface area contributed by atoms with Crippen LogP contribution in [0.15, 0.2) is 30.3 Å². The number of rotatable bonds is 5. The summed E-state index contributed by atoms with van der Waals surface area (Å²) >= 11 is 0. The molecule has 2 atom stereocenters. The molecule has 2 amide bonds. The molecule has 2 N–H and O–H groups in total. The number of amides is 2. The van der Waals surface area contributed by atoms with Crippen LogP contribution in [-0.4, -0.2) is 53.8 Å². The van der Waals surface area contributed by atoms with Gasteiger partial charge in [0.25, 0.3) is 0 Å². The molecular weight excluding hydrogens is 338 g/mol. The lowest BCUT2D eigenvalue weighted by molar-refractivity contribution is -0.144. The Bertz CT molecular complexity index is 626. The Labute approximate surface area is 162 Å². The quantitative estimate of drug-likeness (QED) is 0.864. The van der Waals surface area contributed by atoms with E-state index in [4.69, 9.17) is 5.73 Å². The van der Waals surface area contributed by atoms with Crippen molar-refractivity contribution in [3.8, 4) is 0 Å². The van der Waals surface area contributed by atoms with Gasteiger partial charge in [0.2, 0.25) is 11.8 Å². The summed E-state index contributed by atoms with van der Waals surface area (Å²) in [6.07, 6.45) is 4.96. The third-order valence-electron chi connectivity index (χ3n) is 6.20. The number of carbonyl (C=O) groups is 2. The predicted octanol–water partition coefficient (Wildman–Crippen LogP) is 2.44. The SMILES string of the molecule is CC1CCN(C(=O)C2CCN(C(=O)CCc3ccccc3)CC2)C(CN)C1. The molecule has 2 unspecified atom stereocenters. The van der Waals surface area contributed by atoms with Crippen LogP contribution in [0.4, 0.5) is 0 Å². The summed E-state index contributed by atoms with van der Waals surface area (Å²) in [5, 5.41) is 0. The van der Waals surface area contributed by atoms with E-state index in [-0.39, 0.29) is 23.8 Å². The van der Waals surface area contributed by atoms with Gasteiger partial charge in [-0.3, -0.25) is 9.59 Å². The number of aryl methyl sites for hydroxylation is 1. The van der Waals surface area contributed by atoms with E-state index in [1.807, 2.05) is 28.0 Å². The number of benzene rings is 1. The lowest BCUT2D eigenvalue weighted by Crippen LogP contribution is -2.52. The summed E-state index contributed by atoms with van der Waals surface area (Å²) < 4.78 is 0. The molecule has 0 saturated carbocycles. The fourth-order valence-corrected chi connectivity index (χ4v) is 4.43. The Kier molecular flexibility index (Phi) is 6.89.